The summed E-state index contributed by atoms with van der Waals surface area (Å²) < 4.78 is 10.8. The first-order valence-corrected chi connectivity index (χ1v) is 10.1. The van der Waals surface area contributed by atoms with Gasteiger partial charge in [0.1, 0.15) is 5.76 Å². The van der Waals surface area contributed by atoms with Crippen molar-refractivity contribution in [2.24, 2.45) is 0 Å². The molecule has 0 bridgehead atoms. The van der Waals surface area contributed by atoms with Crippen LogP contribution in [0.5, 0.6) is 11.5 Å². The van der Waals surface area contributed by atoms with Crippen LogP contribution in [0.25, 0.3) is 5.76 Å². The third-order valence-electron chi connectivity index (χ3n) is 5.53. The van der Waals surface area contributed by atoms with Gasteiger partial charge in [-0.15, -0.1) is 0 Å². The highest BCUT2D eigenvalue weighted by Crippen LogP contribution is 2.44. The van der Waals surface area contributed by atoms with Crippen LogP contribution in [0.15, 0.2) is 78.4 Å². The number of nitrogens with zero attached hydrogens (tertiary/aromatic N) is 1. The fourth-order valence-corrected chi connectivity index (χ4v) is 3.89. The minimum Gasteiger partial charge on any atom is -0.507 e. The molecule has 1 N–H and O–H groups in total. The average Bonchev–Trinajstić information content (AvgIpc) is 3.09. The quantitative estimate of drug-likeness (QED) is 0.363. The van der Waals surface area contributed by atoms with Crippen molar-refractivity contribution < 1.29 is 24.2 Å². The van der Waals surface area contributed by atoms with Crippen LogP contribution in [0.4, 0.5) is 5.69 Å². The summed E-state index contributed by atoms with van der Waals surface area (Å²) in [7, 11) is 3.05. The Bertz CT molecular complexity index is 1200. The number of rotatable bonds is 5. The van der Waals surface area contributed by atoms with Gasteiger partial charge in [-0.3, -0.25) is 14.5 Å². The van der Waals surface area contributed by atoms with Crippen molar-refractivity contribution in [3.8, 4) is 11.5 Å². The van der Waals surface area contributed by atoms with Crippen molar-refractivity contribution in [1.82, 2.24) is 0 Å². The number of amides is 1. The summed E-state index contributed by atoms with van der Waals surface area (Å²) >= 11 is 0. The maximum Gasteiger partial charge on any atom is 0.300 e. The maximum absolute atomic E-state index is 13.2. The molecule has 1 saturated heterocycles. The van der Waals surface area contributed by atoms with E-state index in [4.69, 9.17) is 9.47 Å². The van der Waals surface area contributed by atoms with E-state index in [-0.39, 0.29) is 11.3 Å². The molecular weight excluding hydrogens is 406 g/mol. The van der Waals surface area contributed by atoms with Crippen LogP contribution < -0.4 is 14.4 Å². The Morgan fingerprint density at radius 2 is 1.53 bits per heavy atom. The Balaban J connectivity index is 1.96. The Morgan fingerprint density at radius 3 is 2.16 bits per heavy atom. The lowest BCUT2D eigenvalue weighted by Crippen LogP contribution is -2.29. The summed E-state index contributed by atoms with van der Waals surface area (Å²) in [5.74, 6) is -0.691. The molecule has 0 aliphatic carbocycles. The van der Waals surface area contributed by atoms with Crippen LogP contribution in [0.1, 0.15) is 22.7 Å². The highest BCUT2D eigenvalue weighted by Gasteiger charge is 2.47. The van der Waals surface area contributed by atoms with Gasteiger partial charge >= 0.3 is 0 Å². The molecule has 1 heterocycles. The SMILES string of the molecule is COc1ccc(C2C(=C(O)c3ccc(C)cc3)C(=O)C(=O)N2c2ccccc2)cc1OC. The van der Waals surface area contributed by atoms with Gasteiger partial charge in [0.15, 0.2) is 11.5 Å². The fraction of sp³-hybridized carbons (Fsp3) is 0.154. The van der Waals surface area contributed by atoms with Gasteiger partial charge < -0.3 is 14.6 Å². The number of benzene rings is 3. The van der Waals surface area contributed by atoms with Crippen molar-refractivity contribution >= 4 is 23.1 Å². The molecule has 4 rings (SSSR count). The molecule has 0 radical (unpaired) electrons. The van der Waals surface area contributed by atoms with Crippen molar-refractivity contribution in [2.75, 3.05) is 19.1 Å². The number of aliphatic hydroxyl groups excluding tert-OH is 1. The van der Waals surface area contributed by atoms with E-state index in [0.29, 0.717) is 28.3 Å². The van der Waals surface area contributed by atoms with Crippen LogP contribution in [-0.4, -0.2) is 31.0 Å². The minimum atomic E-state index is -0.835. The normalized spacial score (nSPS) is 17.5. The van der Waals surface area contributed by atoms with Crippen LogP contribution in [0, 0.1) is 6.92 Å². The molecule has 1 aliphatic heterocycles. The van der Waals surface area contributed by atoms with E-state index in [1.54, 1.807) is 54.6 Å². The first-order chi connectivity index (χ1) is 15.5. The lowest BCUT2D eigenvalue weighted by molar-refractivity contribution is -0.132. The minimum absolute atomic E-state index is 0.0231. The largest absolute Gasteiger partial charge is 0.507 e. The predicted octanol–water partition coefficient (Wildman–Crippen LogP) is 4.64. The molecule has 0 aromatic heterocycles. The summed E-state index contributed by atoms with van der Waals surface area (Å²) in [4.78, 5) is 27.7. The zero-order valence-corrected chi connectivity index (χ0v) is 18.0. The second kappa shape index (κ2) is 8.59. The number of ketones is 1. The predicted molar refractivity (Wildman–Crippen MR) is 122 cm³/mol. The Hall–Kier alpha value is -4.06. The van der Waals surface area contributed by atoms with E-state index < -0.39 is 17.7 Å². The molecule has 6 nitrogen and oxygen atoms in total. The number of hydrogen-bond acceptors (Lipinski definition) is 5. The van der Waals surface area contributed by atoms with Crippen LogP contribution in [0.2, 0.25) is 0 Å². The van der Waals surface area contributed by atoms with Gasteiger partial charge in [0.05, 0.1) is 25.8 Å². The van der Waals surface area contributed by atoms with Gasteiger partial charge in [-0.25, -0.2) is 0 Å². The van der Waals surface area contributed by atoms with E-state index in [1.807, 2.05) is 25.1 Å². The average molecular weight is 429 g/mol. The second-order valence-electron chi connectivity index (χ2n) is 7.49. The summed E-state index contributed by atoms with van der Waals surface area (Å²) in [5.41, 5.74) is 2.67. The number of carbonyl (C=O) groups excluding carboxylic acids is 2. The smallest absolute Gasteiger partial charge is 0.300 e. The molecule has 1 amide bonds. The number of ether oxygens (including phenoxy) is 2. The van der Waals surface area contributed by atoms with E-state index in [9.17, 15) is 14.7 Å². The lowest BCUT2D eigenvalue weighted by Gasteiger charge is -2.26. The molecule has 6 heteroatoms. The maximum atomic E-state index is 13.2. The van der Waals surface area contributed by atoms with Gasteiger partial charge in [-0.2, -0.15) is 0 Å². The molecule has 1 atom stereocenters. The van der Waals surface area contributed by atoms with Crippen LogP contribution in [-0.2, 0) is 9.59 Å². The zero-order chi connectivity index (χ0) is 22.8. The van der Waals surface area contributed by atoms with Gasteiger partial charge in [0.2, 0.25) is 0 Å². The lowest BCUT2D eigenvalue weighted by atomic mass is 9.94. The topological polar surface area (TPSA) is 76.1 Å². The van der Waals surface area contributed by atoms with Crippen molar-refractivity contribution in [2.45, 2.75) is 13.0 Å². The van der Waals surface area contributed by atoms with E-state index in [2.05, 4.69) is 0 Å². The molecule has 3 aromatic rings. The zero-order valence-electron chi connectivity index (χ0n) is 18.0. The second-order valence-corrected chi connectivity index (χ2v) is 7.49. The molecule has 3 aromatic carbocycles. The standard InChI is InChI=1S/C26H23NO5/c1-16-9-11-17(12-10-16)24(28)22-23(18-13-14-20(31-2)21(15-18)32-3)27(26(30)25(22)29)19-7-5-4-6-8-19/h4-15,23,28H,1-3H3. The molecule has 162 valence electrons. The van der Waals surface area contributed by atoms with Gasteiger partial charge in [-0.1, -0.05) is 54.1 Å². The summed E-state index contributed by atoms with van der Waals surface area (Å²) in [5, 5.41) is 11.1. The van der Waals surface area contributed by atoms with Crippen LogP contribution in [0.3, 0.4) is 0 Å². The number of anilines is 1. The summed E-state index contributed by atoms with van der Waals surface area (Å²) in [6, 6.07) is 20.4. The number of hydrogen-bond donors (Lipinski definition) is 1. The van der Waals surface area contributed by atoms with Gasteiger partial charge in [0, 0.05) is 11.3 Å². The number of para-hydroxylation sites is 1. The highest BCUT2D eigenvalue weighted by atomic mass is 16.5. The monoisotopic (exact) mass is 429 g/mol. The first-order valence-electron chi connectivity index (χ1n) is 10.1. The molecule has 0 spiro atoms. The number of aliphatic hydroxyl groups is 1. The van der Waals surface area contributed by atoms with Crippen molar-refractivity contribution in [3.05, 3.63) is 95.1 Å². The molecule has 1 unspecified atom stereocenters. The van der Waals surface area contributed by atoms with E-state index in [0.717, 1.165) is 5.56 Å². The summed E-state index contributed by atoms with van der Waals surface area (Å²) in [6.45, 7) is 1.93. The Labute approximate surface area is 186 Å². The summed E-state index contributed by atoms with van der Waals surface area (Å²) in [6.07, 6.45) is 0. The molecular formula is C26H23NO5. The highest BCUT2D eigenvalue weighted by molar-refractivity contribution is 6.51. The number of carbonyl (C=O) groups is 2. The number of aryl methyl sites for hydroxylation is 1. The third-order valence-corrected chi connectivity index (χ3v) is 5.53. The molecule has 0 saturated carbocycles. The Kier molecular flexibility index (Phi) is 5.69. The van der Waals surface area contributed by atoms with Crippen molar-refractivity contribution in [1.29, 1.82) is 0 Å². The number of Topliss-reactive ketones (excluding diaryl/α,β-unsaturated/α-hetero) is 1. The van der Waals surface area contributed by atoms with Crippen LogP contribution >= 0.6 is 0 Å². The van der Waals surface area contributed by atoms with E-state index >= 15 is 0 Å². The Morgan fingerprint density at radius 1 is 0.875 bits per heavy atom. The molecule has 32 heavy (non-hydrogen) atoms. The van der Waals surface area contributed by atoms with Crippen molar-refractivity contribution in [3.63, 3.8) is 0 Å². The third kappa shape index (κ3) is 3.60. The molecule has 1 fully saturated rings. The fourth-order valence-electron chi connectivity index (χ4n) is 3.89. The number of methoxy groups -OCH3 is 2. The van der Waals surface area contributed by atoms with E-state index in [1.165, 1.54) is 19.1 Å². The van der Waals surface area contributed by atoms with Gasteiger partial charge in [-0.05, 0) is 36.8 Å². The van der Waals surface area contributed by atoms with Gasteiger partial charge in [0.25, 0.3) is 11.7 Å². The molecule has 1 aliphatic rings. The first kappa shape index (κ1) is 21.2.